The molecular weight excluding hydrogens is 1620 g/mol. The minimum Gasteiger partial charge on any atom is -0.0654 e. The molecule has 0 unspecified atom stereocenters. The van der Waals surface area contributed by atoms with Crippen LogP contribution in [0.2, 0.25) is 0 Å². The molecule has 0 heteroatoms. The minimum atomic E-state index is 1.34. The van der Waals surface area contributed by atoms with Crippen LogP contribution in [0.4, 0.5) is 0 Å². The van der Waals surface area contributed by atoms with E-state index in [0.29, 0.717) is 0 Å². The van der Waals surface area contributed by atoms with Gasteiger partial charge in [-0.2, -0.15) is 0 Å². The van der Waals surface area contributed by atoms with Crippen molar-refractivity contribution in [1.82, 2.24) is 0 Å². The third-order valence-electron chi connectivity index (χ3n) is 28.9. The molecule has 0 heterocycles. The summed E-state index contributed by atoms with van der Waals surface area (Å²) in [6, 6.07) is 0. The Balaban J connectivity index is -0.000000195. The first-order valence-corrected chi connectivity index (χ1v) is 66.7. The lowest BCUT2D eigenvalue weighted by Crippen LogP contribution is -1.83. The van der Waals surface area contributed by atoms with Crippen molar-refractivity contribution in [3.8, 4) is 0 Å². The average Bonchev–Trinajstić information content (AvgIpc) is 1.13. The Morgan fingerprint density at radius 1 is 0.0370 bits per heavy atom. The van der Waals surface area contributed by atoms with Crippen molar-refractivity contribution in [1.29, 1.82) is 0 Å². The van der Waals surface area contributed by atoms with Gasteiger partial charge in [0.15, 0.2) is 0 Å². The summed E-state index contributed by atoms with van der Waals surface area (Å²) < 4.78 is 0. The normalized spacial score (nSPS) is 10.8. The molecule has 135 heavy (non-hydrogen) atoms. The molecule has 0 spiro atoms. The van der Waals surface area contributed by atoms with E-state index in [1.165, 1.54) is 751 Å². The third-order valence-corrected chi connectivity index (χ3v) is 28.9. The Hall–Kier alpha value is 0. The average molecular weight is 1910 g/mol. The van der Waals surface area contributed by atoms with Crippen LogP contribution in [0, 0.1) is 0 Å². The Kier molecular flexibility index (Phi) is 196. The molecule has 0 saturated heterocycles. The number of rotatable bonds is 108. The molecule has 0 saturated carbocycles. The molecule has 0 aliphatic heterocycles. The van der Waals surface area contributed by atoms with Gasteiger partial charge in [0.2, 0.25) is 0 Å². The van der Waals surface area contributed by atoms with E-state index in [-0.39, 0.29) is 0 Å². The summed E-state index contributed by atoms with van der Waals surface area (Å²) >= 11 is 0. The highest BCUT2D eigenvalue weighted by atomic mass is 14.1. The van der Waals surface area contributed by atoms with Crippen LogP contribution in [0.1, 0.15) is 876 Å². The van der Waals surface area contributed by atoms with Gasteiger partial charge in [-0.25, -0.2) is 0 Å². The fourth-order valence-electron chi connectivity index (χ4n) is 18.9. The van der Waals surface area contributed by atoms with Gasteiger partial charge in [-0.05, 0) is 0 Å². The van der Waals surface area contributed by atoms with Crippen molar-refractivity contribution in [2.75, 3.05) is 0 Å². The number of hydrogen-bond donors (Lipinski definition) is 0. The van der Waals surface area contributed by atoms with E-state index in [1.54, 1.807) is 0 Å². The minimum absolute atomic E-state index is 1.34. The van der Waals surface area contributed by atoms with Gasteiger partial charge in [-0.3, -0.25) is 0 Å². The lowest BCUT2D eigenvalue weighted by molar-refractivity contribution is 0.526. The fourth-order valence-corrected chi connectivity index (χ4v) is 18.9. The molecule has 0 aromatic rings. The molecule has 0 bridgehead atoms. The molecule has 0 fully saturated rings. The summed E-state index contributed by atoms with van der Waals surface area (Å²) in [6.07, 6.45) is 171. The van der Waals surface area contributed by atoms with Crippen LogP contribution in [0.3, 0.4) is 0 Å². The zero-order valence-electron chi connectivity index (χ0n) is 101. The van der Waals surface area contributed by atoms with E-state index in [1.807, 2.05) is 0 Å². The van der Waals surface area contributed by atoms with E-state index < -0.39 is 0 Å². The van der Waals surface area contributed by atoms with Crippen molar-refractivity contribution < 1.29 is 0 Å². The quantitative estimate of drug-likeness (QED) is 0.0533. The van der Waals surface area contributed by atoms with Gasteiger partial charge >= 0.3 is 0 Å². The Labute approximate surface area is 870 Å². The fraction of sp³-hybridized carbons (Fsp3) is 1.00. The standard InChI is InChI=1S/6C20H42.3C5H12/c6*1-3-5-7-9-11-13-15-17-19-20-18-16-14-12-10-8-6-4-2;3*1-3-5-4-2/h6*3-20H2,1-2H3;3*3-5H2,1-2H3. The molecular formula is C135H288. The van der Waals surface area contributed by atoms with Crippen molar-refractivity contribution in [3.05, 3.63) is 0 Å². The van der Waals surface area contributed by atoms with Crippen LogP contribution < -0.4 is 0 Å². The molecule has 0 N–H and O–H groups in total. The zero-order chi connectivity index (χ0) is 101. The van der Waals surface area contributed by atoms with Crippen molar-refractivity contribution in [3.63, 3.8) is 0 Å². The molecule has 0 aliphatic rings. The van der Waals surface area contributed by atoms with Gasteiger partial charge in [0.1, 0.15) is 0 Å². The Morgan fingerprint density at radius 2 is 0.0667 bits per heavy atom. The largest absolute Gasteiger partial charge is 0.0654 e. The Morgan fingerprint density at radius 3 is 0.0889 bits per heavy atom. The van der Waals surface area contributed by atoms with Crippen molar-refractivity contribution in [2.24, 2.45) is 0 Å². The summed E-state index contributed by atoms with van der Waals surface area (Å²) in [6.45, 7) is 40.8. The van der Waals surface area contributed by atoms with Crippen LogP contribution in [0.15, 0.2) is 0 Å². The van der Waals surface area contributed by atoms with Crippen LogP contribution in [-0.2, 0) is 0 Å². The van der Waals surface area contributed by atoms with Gasteiger partial charge in [-0.15, -0.1) is 0 Å². The maximum absolute atomic E-state index is 2.30. The molecule has 0 amide bonds. The highest BCUT2D eigenvalue weighted by Crippen LogP contribution is 2.23. The third kappa shape index (κ3) is 200. The Bertz CT molecular complexity index is 1200. The smallest absolute Gasteiger partial charge is 0.0533 e. The monoisotopic (exact) mass is 1910 g/mol. The molecule has 0 aliphatic carbocycles. The summed E-state index contributed by atoms with van der Waals surface area (Å²) in [5.41, 5.74) is 0. The van der Waals surface area contributed by atoms with E-state index in [4.69, 9.17) is 0 Å². The molecule has 0 aromatic carbocycles. The van der Waals surface area contributed by atoms with Crippen LogP contribution >= 0.6 is 0 Å². The second-order valence-electron chi connectivity index (χ2n) is 44.0. The molecule has 0 radical (unpaired) electrons. The second-order valence-corrected chi connectivity index (χ2v) is 44.0. The highest BCUT2D eigenvalue weighted by Gasteiger charge is 2.03. The SMILES string of the molecule is CCCCC.CCCCC.CCCCC.CCCCCCCCCCCCCCCCCCCC.CCCCCCCCCCCCCCCCCCCC.CCCCCCCCCCCCCCCCCCCC.CCCCCCCCCCCCCCCCCCCC.CCCCCCCCCCCCCCCCCCCC.CCCCCCCCCCCCCCCCCCCC. The highest BCUT2D eigenvalue weighted by molar-refractivity contribution is 4.59. The molecule has 0 nitrogen and oxygen atoms in total. The van der Waals surface area contributed by atoms with E-state index >= 15 is 0 Å². The lowest BCUT2D eigenvalue weighted by Gasteiger charge is -2.03. The van der Waals surface area contributed by atoms with Crippen LogP contribution in [0.5, 0.6) is 0 Å². The van der Waals surface area contributed by atoms with Crippen molar-refractivity contribution in [2.45, 2.75) is 876 Å². The summed E-state index contributed by atoms with van der Waals surface area (Å²) in [4.78, 5) is 0. The van der Waals surface area contributed by atoms with Gasteiger partial charge < -0.3 is 0 Å². The van der Waals surface area contributed by atoms with Crippen LogP contribution in [0.25, 0.3) is 0 Å². The number of unbranched alkanes of at least 4 members (excludes halogenated alkanes) is 108. The van der Waals surface area contributed by atoms with E-state index in [9.17, 15) is 0 Å². The summed E-state index contributed by atoms with van der Waals surface area (Å²) in [5.74, 6) is 0. The van der Waals surface area contributed by atoms with Gasteiger partial charge in [0, 0.05) is 0 Å². The molecule has 0 rings (SSSR count). The summed E-state index contributed by atoms with van der Waals surface area (Å²) in [7, 11) is 0. The van der Waals surface area contributed by atoms with Crippen LogP contribution in [-0.4, -0.2) is 0 Å². The first kappa shape index (κ1) is 153. The van der Waals surface area contributed by atoms with Gasteiger partial charge in [-0.1, -0.05) is 876 Å². The van der Waals surface area contributed by atoms with E-state index in [2.05, 4.69) is 125 Å². The van der Waals surface area contributed by atoms with Gasteiger partial charge in [0.05, 0.1) is 0 Å². The topological polar surface area (TPSA) is 0 Å². The van der Waals surface area contributed by atoms with Gasteiger partial charge in [0.25, 0.3) is 0 Å². The maximum atomic E-state index is 2.30. The molecule has 0 atom stereocenters. The first-order chi connectivity index (χ1) is 66.7. The molecule has 0 aromatic heterocycles. The zero-order valence-corrected chi connectivity index (χ0v) is 101. The lowest BCUT2D eigenvalue weighted by atomic mass is 10.0. The summed E-state index contributed by atoms with van der Waals surface area (Å²) in [5, 5.41) is 0. The second kappa shape index (κ2) is 173. The molecule has 828 valence electrons. The van der Waals surface area contributed by atoms with Crippen molar-refractivity contribution >= 4 is 0 Å². The van der Waals surface area contributed by atoms with E-state index in [0.717, 1.165) is 0 Å². The first-order valence-electron chi connectivity index (χ1n) is 66.7. The maximum Gasteiger partial charge on any atom is -0.0533 e. The predicted molar refractivity (Wildman–Crippen MR) is 642 cm³/mol. The predicted octanol–water partition coefficient (Wildman–Crippen LogP) is 54.9. The number of hydrogen-bond acceptors (Lipinski definition) is 0.